The number of nitrogens with two attached hydrogens (primary N) is 1. The Morgan fingerprint density at radius 1 is 1.21 bits per heavy atom. The molecule has 2 aromatic carbocycles. The zero-order valence-electron chi connectivity index (χ0n) is 14.0. The molecule has 0 saturated heterocycles. The van der Waals surface area contributed by atoms with Crippen LogP contribution in [0, 0.1) is 0 Å². The molecule has 1 amide bonds. The van der Waals surface area contributed by atoms with E-state index in [-0.39, 0.29) is 24.9 Å². The maximum Gasteiger partial charge on any atom is 0.236 e. The van der Waals surface area contributed by atoms with Crippen LogP contribution in [0.3, 0.4) is 0 Å². The molecule has 2 N–H and O–H groups in total. The second-order valence-electron chi connectivity index (χ2n) is 6.13. The summed E-state index contributed by atoms with van der Waals surface area (Å²) in [4.78, 5) is 14.4. The predicted molar refractivity (Wildman–Crippen MR) is 99.6 cm³/mol. The van der Waals surface area contributed by atoms with Crippen molar-refractivity contribution in [2.45, 2.75) is 38.3 Å². The Morgan fingerprint density at radius 3 is 2.58 bits per heavy atom. The van der Waals surface area contributed by atoms with Crippen molar-refractivity contribution in [1.82, 2.24) is 4.90 Å². The Balaban J connectivity index is 0.00000208. The Morgan fingerprint density at radius 2 is 1.92 bits per heavy atom. The largest absolute Gasteiger partial charge is 0.496 e. The molecule has 130 valence electrons. The molecule has 24 heavy (non-hydrogen) atoms. The molecule has 0 radical (unpaired) electrons. The quantitative estimate of drug-likeness (QED) is 0.899. The number of fused-ring (bicyclic) bond motifs is 1. The summed E-state index contributed by atoms with van der Waals surface area (Å²) >= 11 is 0. The van der Waals surface area contributed by atoms with Gasteiger partial charge >= 0.3 is 0 Å². The van der Waals surface area contributed by atoms with E-state index in [4.69, 9.17) is 10.5 Å². The number of nitrogens with zero attached hydrogens (tertiary/aromatic N) is 1. The maximum absolute atomic E-state index is 12.4. The van der Waals surface area contributed by atoms with Crippen LogP contribution in [0.15, 0.2) is 36.4 Å². The number of hydrogen-bond donors (Lipinski definition) is 1. The standard InChI is InChI=1S/C19H24N2O2.ClH/c1-23-18-11-10-14-6-2-5-9-16(14)17(18)13-21(19(22)12-20)15-7-3-4-8-15;/h2,5-6,9-11,15H,3-4,7-8,12-13,20H2,1H3;1H. The number of amides is 1. The zero-order valence-corrected chi connectivity index (χ0v) is 14.8. The minimum atomic E-state index is 0. The lowest BCUT2D eigenvalue weighted by molar-refractivity contribution is -0.132. The molecular weight excluding hydrogens is 324 g/mol. The van der Waals surface area contributed by atoms with Gasteiger partial charge in [0.15, 0.2) is 0 Å². The Labute approximate surface area is 149 Å². The highest BCUT2D eigenvalue weighted by Gasteiger charge is 2.27. The summed E-state index contributed by atoms with van der Waals surface area (Å²) in [6.45, 7) is 0.620. The molecule has 0 aromatic heterocycles. The van der Waals surface area contributed by atoms with Gasteiger partial charge in [0.2, 0.25) is 5.91 Å². The zero-order chi connectivity index (χ0) is 16.2. The van der Waals surface area contributed by atoms with Crippen molar-refractivity contribution in [1.29, 1.82) is 0 Å². The summed E-state index contributed by atoms with van der Waals surface area (Å²) in [5, 5.41) is 2.30. The van der Waals surface area contributed by atoms with Crippen molar-refractivity contribution in [3.8, 4) is 5.75 Å². The van der Waals surface area contributed by atoms with Gasteiger partial charge < -0.3 is 15.4 Å². The van der Waals surface area contributed by atoms with Crippen molar-refractivity contribution >= 4 is 29.1 Å². The monoisotopic (exact) mass is 348 g/mol. The fourth-order valence-electron chi connectivity index (χ4n) is 3.59. The molecule has 1 fully saturated rings. The fourth-order valence-corrected chi connectivity index (χ4v) is 3.59. The summed E-state index contributed by atoms with van der Waals surface area (Å²) in [6.07, 6.45) is 4.51. The number of ether oxygens (including phenoxy) is 1. The van der Waals surface area contributed by atoms with Crippen LogP contribution in [0.25, 0.3) is 10.8 Å². The topological polar surface area (TPSA) is 55.6 Å². The van der Waals surface area contributed by atoms with E-state index >= 15 is 0 Å². The van der Waals surface area contributed by atoms with Gasteiger partial charge in [0.1, 0.15) is 5.75 Å². The van der Waals surface area contributed by atoms with E-state index < -0.39 is 0 Å². The van der Waals surface area contributed by atoms with E-state index in [0.29, 0.717) is 12.6 Å². The molecule has 1 saturated carbocycles. The summed E-state index contributed by atoms with van der Waals surface area (Å²) in [5.41, 5.74) is 6.72. The van der Waals surface area contributed by atoms with Crippen LogP contribution in [0.5, 0.6) is 5.75 Å². The van der Waals surface area contributed by atoms with E-state index in [9.17, 15) is 4.79 Å². The molecular formula is C19H25ClN2O2. The third kappa shape index (κ3) is 3.65. The molecule has 0 unspecified atom stereocenters. The third-order valence-corrected chi connectivity index (χ3v) is 4.81. The van der Waals surface area contributed by atoms with Crippen LogP contribution in [0.4, 0.5) is 0 Å². The van der Waals surface area contributed by atoms with Gasteiger partial charge in [0.05, 0.1) is 20.2 Å². The first-order chi connectivity index (χ1) is 11.2. The number of benzene rings is 2. The van der Waals surface area contributed by atoms with Crippen LogP contribution in [-0.2, 0) is 11.3 Å². The van der Waals surface area contributed by atoms with Gasteiger partial charge in [0, 0.05) is 11.6 Å². The van der Waals surface area contributed by atoms with Crippen LogP contribution in [0.2, 0.25) is 0 Å². The van der Waals surface area contributed by atoms with Gasteiger partial charge in [-0.1, -0.05) is 43.2 Å². The first-order valence-corrected chi connectivity index (χ1v) is 8.28. The van der Waals surface area contributed by atoms with Crippen molar-refractivity contribution in [2.24, 2.45) is 5.73 Å². The highest BCUT2D eigenvalue weighted by Crippen LogP contribution is 2.32. The van der Waals surface area contributed by atoms with Gasteiger partial charge in [-0.25, -0.2) is 0 Å². The summed E-state index contributed by atoms with van der Waals surface area (Å²) < 4.78 is 5.56. The summed E-state index contributed by atoms with van der Waals surface area (Å²) in [5.74, 6) is 0.850. The molecule has 1 aliphatic rings. The average molecular weight is 349 g/mol. The van der Waals surface area contributed by atoms with E-state index in [1.807, 2.05) is 23.1 Å². The van der Waals surface area contributed by atoms with Crippen LogP contribution in [0.1, 0.15) is 31.2 Å². The Hall–Kier alpha value is -1.78. The first-order valence-electron chi connectivity index (χ1n) is 8.28. The highest BCUT2D eigenvalue weighted by molar-refractivity contribution is 5.88. The van der Waals surface area contributed by atoms with Gasteiger partial charge in [-0.2, -0.15) is 0 Å². The smallest absolute Gasteiger partial charge is 0.236 e. The second-order valence-corrected chi connectivity index (χ2v) is 6.13. The number of carbonyl (C=O) groups excluding carboxylic acids is 1. The normalized spacial score (nSPS) is 14.4. The lowest BCUT2D eigenvalue weighted by atomic mass is 10.0. The molecule has 1 aliphatic carbocycles. The van der Waals surface area contributed by atoms with Crippen molar-refractivity contribution in [3.63, 3.8) is 0 Å². The summed E-state index contributed by atoms with van der Waals surface area (Å²) in [7, 11) is 1.68. The molecule has 0 spiro atoms. The number of hydrogen-bond acceptors (Lipinski definition) is 3. The van der Waals surface area contributed by atoms with Crippen LogP contribution >= 0.6 is 12.4 Å². The van der Waals surface area contributed by atoms with E-state index in [1.54, 1.807) is 7.11 Å². The summed E-state index contributed by atoms with van der Waals surface area (Å²) in [6, 6.07) is 12.6. The van der Waals surface area contributed by atoms with E-state index in [1.165, 1.54) is 12.8 Å². The predicted octanol–water partition coefficient (Wildman–Crippen LogP) is 3.50. The van der Waals surface area contributed by atoms with Gasteiger partial charge in [-0.15, -0.1) is 12.4 Å². The molecule has 0 aliphatic heterocycles. The number of carbonyl (C=O) groups is 1. The molecule has 0 heterocycles. The second kappa shape index (κ2) is 8.36. The average Bonchev–Trinajstić information content (AvgIpc) is 3.13. The highest BCUT2D eigenvalue weighted by atomic mass is 35.5. The Kier molecular flexibility index (Phi) is 6.46. The maximum atomic E-state index is 12.4. The van der Waals surface area contributed by atoms with E-state index in [0.717, 1.165) is 34.9 Å². The van der Waals surface area contributed by atoms with Gasteiger partial charge in [-0.05, 0) is 29.7 Å². The van der Waals surface area contributed by atoms with E-state index in [2.05, 4.69) is 18.2 Å². The number of halogens is 1. The van der Waals surface area contributed by atoms with Crippen LogP contribution < -0.4 is 10.5 Å². The van der Waals surface area contributed by atoms with Crippen molar-refractivity contribution in [3.05, 3.63) is 42.0 Å². The molecule has 4 nitrogen and oxygen atoms in total. The third-order valence-electron chi connectivity index (χ3n) is 4.81. The van der Waals surface area contributed by atoms with Crippen LogP contribution in [-0.4, -0.2) is 30.5 Å². The first kappa shape index (κ1) is 18.6. The molecule has 5 heteroatoms. The molecule has 3 rings (SSSR count). The van der Waals surface area contributed by atoms with Gasteiger partial charge in [-0.3, -0.25) is 4.79 Å². The molecule has 0 bridgehead atoms. The number of rotatable bonds is 5. The number of methoxy groups -OCH3 is 1. The fraction of sp³-hybridized carbons (Fsp3) is 0.421. The minimum Gasteiger partial charge on any atom is -0.496 e. The Bertz CT molecular complexity index is 699. The van der Waals surface area contributed by atoms with Crippen molar-refractivity contribution in [2.75, 3.05) is 13.7 Å². The SMILES string of the molecule is COc1ccc2ccccc2c1CN(C(=O)CN)C1CCCC1.Cl. The molecule has 0 atom stereocenters. The lowest BCUT2D eigenvalue weighted by Crippen LogP contribution is -2.41. The molecule has 2 aromatic rings. The minimum absolute atomic E-state index is 0. The lowest BCUT2D eigenvalue weighted by Gasteiger charge is -2.30. The van der Waals surface area contributed by atoms with Gasteiger partial charge in [0.25, 0.3) is 0 Å². The van der Waals surface area contributed by atoms with Crippen molar-refractivity contribution < 1.29 is 9.53 Å².